The normalized spacial score (nSPS) is 10.4. The van der Waals surface area contributed by atoms with Crippen molar-refractivity contribution >= 4 is 22.7 Å². The topological polar surface area (TPSA) is 83.8 Å². The third kappa shape index (κ3) is 2.56. The summed E-state index contributed by atoms with van der Waals surface area (Å²) in [6.07, 6.45) is 0. The number of carboxylic acid groups (broad SMARTS) is 1. The van der Waals surface area contributed by atoms with E-state index in [1.165, 1.54) is 6.07 Å². The number of carbonyl (C=O) groups excluding carboxylic acids is 1. The molecule has 0 saturated carbocycles. The Morgan fingerprint density at radius 2 is 1.84 bits per heavy atom. The monoisotopic (exact) mass is 260 g/mol. The van der Waals surface area contributed by atoms with E-state index in [9.17, 15) is 14.7 Å². The minimum absolute atomic E-state index is 0.0142. The summed E-state index contributed by atoms with van der Waals surface area (Å²) >= 11 is 0. The molecular weight excluding hydrogens is 248 g/mol. The molecule has 0 aliphatic rings. The quantitative estimate of drug-likeness (QED) is 0.817. The Morgan fingerprint density at radius 3 is 2.53 bits per heavy atom. The molecule has 2 aromatic rings. The van der Waals surface area contributed by atoms with Gasteiger partial charge in [-0.15, -0.1) is 0 Å². The molecule has 98 valence electrons. The summed E-state index contributed by atoms with van der Waals surface area (Å²) in [5, 5.41) is 19.1. The summed E-state index contributed by atoms with van der Waals surface area (Å²) in [5.41, 5.74) is -0.0966. The Balaban J connectivity index is 2.58. The van der Waals surface area contributed by atoms with E-state index in [2.05, 4.69) is 0 Å². The largest absolute Gasteiger partial charge is 0.478 e. The summed E-state index contributed by atoms with van der Waals surface area (Å²) in [4.78, 5) is 23.1. The maximum Gasteiger partial charge on any atom is 0.339 e. The highest BCUT2D eigenvalue weighted by molar-refractivity contribution is 6.12. The van der Waals surface area contributed by atoms with Crippen molar-refractivity contribution < 1.29 is 24.5 Å². The molecule has 0 aliphatic heterocycles. The first kappa shape index (κ1) is 13.0. The highest BCUT2D eigenvalue weighted by Gasteiger charge is 2.20. The minimum Gasteiger partial charge on any atom is -0.478 e. The van der Waals surface area contributed by atoms with Crippen LogP contribution in [0.15, 0.2) is 36.4 Å². The summed E-state index contributed by atoms with van der Waals surface area (Å²) < 4.78 is 4.76. The van der Waals surface area contributed by atoms with Gasteiger partial charge in [0.2, 0.25) is 0 Å². The van der Waals surface area contributed by atoms with Crippen molar-refractivity contribution in [2.24, 2.45) is 0 Å². The first-order valence-electron chi connectivity index (χ1n) is 5.68. The molecule has 0 heterocycles. The second-order valence-electron chi connectivity index (χ2n) is 3.87. The van der Waals surface area contributed by atoms with Crippen LogP contribution in [0.4, 0.5) is 0 Å². The standard InChI is InChI=1S/C14H12O5/c15-7-8-19-14(18)11-6-5-9-3-1-2-4-10(9)12(11)13(16)17/h1-6,15H,7-8H2,(H,16,17). The van der Waals surface area contributed by atoms with Crippen LogP contribution in [0.3, 0.4) is 0 Å². The third-order valence-electron chi connectivity index (χ3n) is 2.69. The Morgan fingerprint density at radius 1 is 1.11 bits per heavy atom. The van der Waals surface area contributed by atoms with Crippen LogP contribution in [0, 0.1) is 0 Å². The van der Waals surface area contributed by atoms with Crippen LogP contribution in [-0.2, 0) is 4.74 Å². The lowest BCUT2D eigenvalue weighted by atomic mass is 9.99. The van der Waals surface area contributed by atoms with Crippen molar-refractivity contribution in [3.05, 3.63) is 47.5 Å². The van der Waals surface area contributed by atoms with Crippen molar-refractivity contribution in [3.63, 3.8) is 0 Å². The van der Waals surface area contributed by atoms with E-state index in [0.717, 1.165) is 5.39 Å². The van der Waals surface area contributed by atoms with Crippen LogP contribution in [0.5, 0.6) is 0 Å². The van der Waals surface area contributed by atoms with E-state index in [-0.39, 0.29) is 24.3 Å². The number of hydrogen-bond donors (Lipinski definition) is 2. The number of ether oxygens (including phenoxy) is 1. The maximum absolute atomic E-state index is 11.8. The molecule has 0 saturated heterocycles. The molecule has 2 aromatic carbocycles. The molecule has 0 spiro atoms. The van der Waals surface area contributed by atoms with Crippen molar-refractivity contribution in [3.8, 4) is 0 Å². The number of hydrogen-bond acceptors (Lipinski definition) is 4. The van der Waals surface area contributed by atoms with Gasteiger partial charge in [-0.3, -0.25) is 0 Å². The molecule has 0 aromatic heterocycles. The molecule has 0 bridgehead atoms. The number of rotatable bonds is 4. The van der Waals surface area contributed by atoms with E-state index >= 15 is 0 Å². The average Bonchev–Trinajstić information content (AvgIpc) is 2.43. The van der Waals surface area contributed by atoms with Gasteiger partial charge in [-0.1, -0.05) is 30.3 Å². The maximum atomic E-state index is 11.8. The van der Waals surface area contributed by atoms with Gasteiger partial charge in [-0.05, 0) is 16.8 Å². The molecule has 5 heteroatoms. The first-order chi connectivity index (χ1) is 9.15. The van der Waals surface area contributed by atoms with Crippen LogP contribution in [-0.4, -0.2) is 35.4 Å². The average molecular weight is 260 g/mol. The third-order valence-corrected chi connectivity index (χ3v) is 2.69. The van der Waals surface area contributed by atoms with Crippen molar-refractivity contribution in [2.75, 3.05) is 13.2 Å². The second-order valence-corrected chi connectivity index (χ2v) is 3.87. The summed E-state index contributed by atoms with van der Waals surface area (Å²) in [6, 6.07) is 9.99. The highest BCUT2D eigenvalue weighted by atomic mass is 16.5. The van der Waals surface area contributed by atoms with Crippen molar-refractivity contribution in [1.82, 2.24) is 0 Å². The van der Waals surface area contributed by atoms with Gasteiger partial charge in [0.15, 0.2) is 0 Å². The number of esters is 1. The van der Waals surface area contributed by atoms with Gasteiger partial charge in [-0.25, -0.2) is 9.59 Å². The molecule has 0 unspecified atom stereocenters. The molecule has 2 N–H and O–H groups in total. The fourth-order valence-corrected chi connectivity index (χ4v) is 1.89. The minimum atomic E-state index is -1.19. The zero-order valence-corrected chi connectivity index (χ0v) is 10.00. The van der Waals surface area contributed by atoms with Gasteiger partial charge in [0.05, 0.1) is 17.7 Å². The fourth-order valence-electron chi connectivity index (χ4n) is 1.89. The van der Waals surface area contributed by atoms with Crippen molar-refractivity contribution in [1.29, 1.82) is 0 Å². The zero-order chi connectivity index (χ0) is 13.8. The molecule has 5 nitrogen and oxygen atoms in total. The van der Waals surface area contributed by atoms with Gasteiger partial charge >= 0.3 is 11.9 Å². The Hall–Kier alpha value is -2.40. The Kier molecular flexibility index (Phi) is 3.77. The van der Waals surface area contributed by atoms with E-state index < -0.39 is 11.9 Å². The van der Waals surface area contributed by atoms with Gasteiger partial charge in [0.25, 0.3) is 0 Å². The van der Waals surface area contributed by atoms with E-state index in [1.54, 1.807) is 30.3 Å². The number of carboxylic acids is 1. The number of aromatic carboxylic acids is 1. The number of carbonyl (C=O) groups is 2. The predicted octanol–water partition coefficient (Wildman–Crippen LogP) is 1.69. The van der Waals surface area contributed by atoms with E-state index in [1.807, 2.05) is 0 Å². The SMILES string of the molecule is O=C(OCCO)c1ccc2ccccc2c1C(=O)O. The molecule has 0 radical (unpaired) electrons. The van der Waals surface area contributed by atoms with E-state index in [0.29, 0.717) is 5.39 Å². The lowest BCUT2D eigenvalue weighted by Crippen LogP contribution is -2.14. The molecule has 0 fully saturated rings. The lowest BCUT2D eigenvalue weighted by Gasteiger charge is -2.09. The molecule has 0 atom stereocenters. The smallest absolute Gasteiger partial charge is 0.339 e. The Bertz CT molecular complexity index is 633. The van der Waals surface area contributed by atoms with Gasteiger partial charge in [0, 0.05) is 0 Å². The van der Waals surface area contributed by atoms with Crippen LogP contribution >= 0.6 is 0 Å². The highest BCUT2D eigenvalue weighted by Crippen LogP contribution is 2.23. The summed E-state index contributed by atoms with van der Waals surface area (Å²) in [5.74, 6) is -1.94. The lowest BCUT2D eigenvalue weighted by molar-refractivity contribution is 0.0427. The Labute approximate surface area is 109 Å². The van der Waals surface area contributed by atoms with Crippen LogP contribution in [0.25, 0.3) is 10.8 Å². The van der Waals surface area contributed by atoms with Gasteiger partial charge in [0.1, 0.15) is 6.61 Å². The van der Waals surface area contributed by atoms with Crippen LogP contribution in [0.1, 0.15) is 20.7 Å². The summed E-state index contributed by atoms with van der Waals surface area (Å²) in [6.45, 7) is -0.466. The molecule has 2 rings (SSSR count). The fraction of sp³-hybridized carbons (Fsp3) is 0.143. The van der Waals surface area contributed by atoms with Crippen LogP contribution in [0.2, 0.25) is 0 Å². The number of benzene rings is 2. The first-order valence-corrected chi connectivity index (χ1v) is 5.68. The predicted molar refractivity (Wildman–Crippen MR) is 68.3 cm³/mol. The summed E-state index contributed by atoms with van der Waals surface area (Å²) in [7, 11) is 0. The number of aliphatic hydroxyl groups is 1. The number of aliphatic hydroxyl groups excluding tert-OH is 1. The molecule has 19 heavy (non-hydrogen) atoms. The van der Waals surface area contributed by atoms with Gasteiger partial charge in [-0.2, -0.15) is 0 Å². The van der Waals surface area contributed by atoms with Crippen LogP contribution < -0.4 is 0 Å². The zero-order valence-electron chi connectivity index (χ0n) is 10.00. The number of fused-ring (bicyclic) bond motifs is 1. The van der Waals surface area contributed by atoms with Crippen molar-refractivity contribution in [2.45, 2.75) is 0 Å². The second kappa shape index (κ2) is 5.49. The van der Waals surface area contributed by atoms with Gasteiger partial charge < -0.3 is 14.9 Å². The van der Waals surface area contributed by atoms with E-state index in [4.69, 9.17) is 9.84 Å². The molecule has 0 amide bonds. The molecule has 0 aliphatic carbocycles. The molecular formula is C14H12O5.